The Kier molecular flexibility index (Phi) is 3.65. The van der Waals surface area contributed by atoms with E-state index in [0.29, 0.717) is 0 Å². The third-order valence-electron chi connectivity index (χ3n) is 3.61. The minimum Gasteiger partial charge on any atom is -0.295 e. The highest BCUT2D eigenvalue weighted by atomic mass is 16.1. The lowest BCUT2D eigenvalue weighted by molar-refractivity contribution is 0.101. The summed E-state index contributed by atoms with van der Waals surface area (Å²) in [6.07, 6.45) is 0. The Morgan fingerprint density at radius 1 is 0.619 bits per heavy atom. The molecule has 0 atom stereocenters. The average Bonchev–Trinajstić information content (AvgIpc) is 2.56. The van der Waals surface area contributed by atoms with Crippen LogP contribution in [0.5, 0.6) is 0 Å². The van der Waals surface area contributed by atoms with Crippen molar-refractivity contribution in [2.75, 3.05) is 0 Å². The van der Waals surface area contributed by atoms with Crippen molar-refractivity contribution in [2.24, 2.45) is 0 Å². The summed E-state index contributed by atoms with van der Waals surface area (Å²) in [5.74, 6) is 0.0953. The summed E-state index contributed by atoms with van der Waals surface area (Å²) in [6, 6.07) is 26.5. The molecule has 102 valence electrons. The predicted molar refractivity (Wildman–Crippen MR) is 87.3 cm³/mol. The van der Waals surface area contributed by atoms with E-state index in [1.807, 2.05) is 48.5 Å². The van der Waals surface area contributed by atoms with E-state index in [1.54, 1.807) is 6.92 Å². The molecule has 0 saturated heterocycles. The molecule has 0 spiro atoms. The van der Waals surface area contributed by atoms with Gasteiger partial charge in [-0.2, -0.15) is 0 Å². The van der Waals surface area contributed by atoms with E-state index in [1.165, 1.54) is 16.7 Å². The van der Waals surface area contributed by atoms with Crippen LogP contribution in [0.1, 0.15) is 17.3 Å². The maximum absolute atomic E-state index is 11.4. The highest BCUT2D eigenvalue weighted by molar-refractivity contribution is 5.95. The quantitative estimate of drug-likeness (QED) is 0.597. The number of benzene rings is 3. The van der Waals surface area contributed by atoms with E-state index >= 15 is 0 Å². The first-order chi connectivity index (χ1) is 10.3. The van der Waals surface area contributed by atoms with Gasteiger partial charge in [0.2, 0.25) is 0 Å². The van der Waals surface area contributed by atoms with Crippen LogP contribution in [-0.2, 0) is 0 Å². The molecule has 0 aliphatic heterocycles. The van der Waals surface area contributed by atoms with Crippen LogP contribution in [0.25, 0.3) is 22.3 Å². The fourth-order valence-corrected chi connectivity index (χ4v) is 2.49. The van der Waals surface area contributed by atoms with Gasteiger partial charge in [0.25, 0.3) is 0 Å². The molecule has 3 rings (SSSR count). The van der Waals surface area contributed by atoms with E-state index in [2.05, 4.69) is 30.3 Å². The number of Topliss-reactive ketones (excluding diaryl/α,β-unsaturated/α-hetero) is 1. The van der Waals surface area contributed by atoms with Gasteiger partial charge in [-0.25, -0.2) is 0 Å². The molecular formula is C20H16O. The van der Waals surface area contributed by atoms with Crippen LogP contribution in [-0.4, -0.2) is 5.78 Å². The maximum atomic E-state index is 11.4. The van der Waals surface area contributed by atoms with Gasteiger partial charge in [-0.15, -0.1) is 0 Å². The van der Waals surface area contributed by atoms with Crippen LogP contribution in [0.15, 0.2) is 78.9 Å². The van der Waals surface area contributed by atoms with E-state index in [4.69, 9.17) is 0 Å². The lowest BCUT2D eigenvalue weighted by atomic mass is 9.94. The molecule has 0 unspecified atom stereocenters. The molecule has 0 aromatic heterocycles. The first-order valence-corrected chi connectivity index (χ1v) is 7.01. The third kappa shape index (κ3) is 2.77. The van der Waals surface area contributed by atoms with Crippen molar-refractivity contribution < 1.29 is 4.79 Å². The molecule has 0 bridgehead atoms. The van der Waals surface area contributed by atoms with Crippen LogP contribution < -0.4 is 0 Å². The number of hydrogen-bond acceptors (Lipinski definition) is 1. The monoisotopic (exact) mass is 272 g/mol. The van der Waals surface area contributed by atoms with Crippen molar-refractivity contribution in [3.05, 3.63) is 84.4 Å². The Morgan fingerprint density at radius 2 is 1.10 bits per heavy atom. The zero-order chi connectivity index (χ0) is 14.7. The Bertz CT molecular complexity index is 755. The van der Waals surface area contributed by atoms with E-state index in [9.17, 15) is 4.79 Å². The highest BCUT2D eigenvalue weighted by Crippen LogP contribution is 2.31. The molecule has 1 heteroatoms. The summed E-state index contributed by atoms with van der Waals surface area (Å²) in [6.45, 7) is 1.59. The predicted octanol–water partition coefficient (Wildman–Crippen LogP) is 5.22. The van der Waals surface area contributed by atoms with E-state index in [0.717, 1.165) is 11.1 Å². The standard InChI is InChI=1S/C20H16O/c1-15(21)16-11-13-18(14-12-16)20-10-6-5-9-19(20)17-7-3-2-4-8-17/h2-14H,1H3. The lowest BCUT2D eigenvalue weighted by Gasteiger charge is -2.10. The van der Waals surface area contributed by atoms with E-state index < -0.39 is 0 Å². The van der Waals surface area contributed by atoms with Crippen LogP contribution in [0, 0.1) is 0 Å². The Hall–Kier alpha value is -2.67. The molecule has 3 aromatic rings. The Morgan fingerprint density at radius 3 is 1.62 bits per heavy atom. The molecule has 3 aromatic carbocycles. The largest absolute Gasteiger partial charge is 0.295 e. The van der Waals surface area contributed by atoms with Crippen molar-refractivity contribution in [1.82, 2.24) is 0 Å². The minimum absolute atomic E-state index is 0.0953. The summed E-state index contributed by atoms with van der Waals surface area (Å²) in [5, 5.41) is 0. The van der Waals surface area contributed by atoms with Crippen LogP contribution in [0.3, 0.4) is 0 Å². The lowest BCUT2D eigenvalue weighted by Crippen LogP contribution is -1.91. The molecule has 0 saturated carbocycles. The van der Waals surface area contributed by atoms with Gasteiger partial charge in [-0.3, -0.25) is 4.79 Å². The second-order valence-electron chi connectivity index (χ2n) is 5.05. The van der Waals surface area contributed by atoms with Gasteiger partial charge in [0.05, 0.1) is 0 Å². The van der Waals surface area contributed by atoms with Crippen molar-refractivity contribution in [3.63, 3.8) is 0 Å². The third-order valence-corrected chi connectivity index (χ3v) is 3.61. The van der Waals surface area contributed by atoms with Crippen LogP contribution >= 0.6 is 0 Å². The SMILES string of the molecule is CC(=O)c1ccc(-c2ccccc2-c2ccccc2)cc1. The number of rotatable bonds is 3. The molecule has 0 heterocycles. The molecule has 0 radical (unpaired) electrons. The average molecular weight is 272 g/mol. The highest BCUT2D eigenvalue weighted by Gasteiger charge is 2.07. The van der Waals surface area contributed by atoms with Crippen LogP contribution in [0.4, 0.5) is 0 Å². The van der Waals surface area contributed by atoms with Gasteiger partial charge in [0.1, 0.15) is 0 Å². The van der Waals surface area contributed by atoms with Crippen molar-refractivity contribution >= 4 is 5.78 Å². The molecule has 0 amide bonds. The first-order valence-electron chi connectivity index (χ1n) is 7.01. The number of carbonyl (C=O) groups is 1. The van der Waals surface area contributed by atoms with Crippen molar-refractivity contribution in [1.29, 1.82) is 0 Å². The summed E-state index contributed by atoms with van der Waals surface area (Å²) in [7, 11) is 0. The maximum Gasteiger partial charge on any atom is 0.159 e. The topological polar surface area (TPSA) is 17.1 Å². The summed E-state index contributed by atoms with van der Waals surface area (Å²) in [5.41, 5.74) is 5.45. The smallest absolute Gasteiger partial charge is 0.159 e. The summed E-state index contributed by atoms with van der Waals surface area (Å²) >= 11 is 0. The molecule has 0 fully saturated rings. The number of hydrogen-bond donors (Lipinski definition) is 0. The second-order valence-corrected chi connectivity index (χ2v) is 5.05. The van der Waals surface area contributed by atoms with Crippen molar-refractivity contribution in [2.45, 2.75) is 6.92 Å². The molecule has 0 aliphatic rings. The van der Waals surface area contributed by atoms with Gasteiger partial charge in [-0.1, -0.05) is 78.9 Å². The second kappa shape index (κ2) is 5.76. The fraction of sp³-hybridized carbons (Fsp3) is 0.0500. The fourth-order valence-electron chi connectivity index (χ4n) is 2.49. The molecule has 21 heavy (non-hydrogen) atoms. The summed E-state index contributed by atoms with van der Waals surface area (Å²) in [4.78, 5) is 11.4. The minimum atomic E-state index is 0.0953. The van der Waals surface area contributed by atoms with E-state index in [-0.39, 0.29) is 5.78 Å². The van der Waals surface area contributed by atoms with Gasteiger partial charge < -0.3 is 0 Å². The molecule has 0 N–H and O–H groups in total. The Labute approximate surface area is 124 Å². The first kappa shape index (κ1) is 13.3. The van der Waals surface area contributed by atoms with Crippen molar-refractivity contribution in [3.8, 4) is 22.3 Å². The zero-order valence-electron chi connectivity index (χ0n) is 11.9. The summed E-state index contributed by atoms with van der Waals surface area (Å²) < 4.78 is 0. The number of ketones is 1. The van der Waals surface area contributed by atoms with Gasteiger partial charge in [-0.05, 0) is 29.2 Å². The van der Waals surface area contributed by atoms with Crippen LogP contribution in [0.2, 0.25) is 0 Å². The normalized spacial score (nSPS) is 10.3. The Balaban J connectivity index is 2.09. The van der Waals surface area contributed by atoms with Gasteiger partial charge >= 0.3 is 0 Å². The zero-order valence-corrected chi connectivity index (χ0v) is 11.9. The number of carbonyl (C=O) groups excluding carboxylic acids is 1. The van der Waals surface area contributed by atoms with Gasteiger partial charge in [0.15, 0.2) is 5.78 Å². The molecule has 0 aliphatic carbocycles. The molecular weight excluding hydrogens is 256 g/mol. The molecule has 1 nitrogen and oxygen atoms in total. The van der Waals surface area contributed by atoms with Gasteiger partial charge in [0, 0.05) is 5.56 Å².